The summed E-state index contributed by atoms with van der Waals surface area (Å²) in [6.07, 6.45) is 1.61. The van der Waals surface area contributed by atoms with Crippen molar-refractivity contribution in [2.45, 2.75) is 0 Å². The smallest absolute Gasteiger partial charge is 0.200 e. The van der Waals surface area contributed by atoms with E-state index < -0.39 is 0 Å². The lowest BCUT2D eigenvalue weighted by Gasteiger charge is -1.98. The molecular weight excluding hydrogens is 236 g/mol. The molecule has 0 aliphatic rings. The van der Waals surface area contributed by atoms with Gasteiger partial charge in [-0.3, -0.25) is 0 Å². The fraction of sp³-hybridized carbons (Fsp3) is 0. The van der Waals surface area contributed by atoms with Crippen LogP contribution in [0.2, 0.25) is 0 Å². The molecule has 0 aromatic carbocycles. The van der Waals surface area contributed by atoms with Gasteiger partial charge in [-0.1, -0.05) is 6.07 Å². The van der Waals surface area contributed by atoms with E-state index in [4.69, 9.17) is 10.2 Å². The van der Waals surface area contributed by atoms with Crippen molar-refractivity contribution in [3.63, 3.8) is 0 Å². The zero-order valence-corrected chi connectivity index (χ0v) is 9.52. The van der Waals surface area contributed by atoms with Gasteiger partial charge in [0.15, 0.2) is 16.7 Å². The van der Waals surface area contributed by atoms with Crippen LogP contribution in [0.25, 0.3) is 23.0 Å². The number of hydrogen-bond donors (Lipinski definition) is 1. The van der Waals surface area contributed by atoms with Crippen LogP contribution in [0.15, 0.2) is 41.0 Å². The summed E-state index contributed by atoms with van der Waals surface area (Å²) in [6, 6.07) is 9.28. The third kappa shape index (κ3) is 1.90. The van der Waals surface area contributed by atoms with Gasteiger partial charge >= 0.3 is 0 Å². The second-order valence-corrected chi connectivity index (χ2v) is 4.13. The lowest BCUT2D eigenvalue weighted by atomic mass is 10.2. The predicted molar refractivity (Wildman–Crippen MR) is 65.3 cm³/mol. The molecule has 3 rings (SSSR count). The molecule has 0 saturated heterocycles. The Morgan fingerprint density at radius 1 is 1.06 bits per heavy atom. The quantitative estimate of drug-likeness (QED) is 0.749. The number of nitrogen functional groups attached to an aromatic ring is 1. The van der Waals surface area contributed by atoms with E-state index in [9.17, 15) is 0 Å². The molecule has 3 aromatic heterocycles. The number of anilines is 1. The van der Waals surface area contributed by atoms with E-state index in [0.717, 1.165) is 23.0 Å². The van der Waals surface area contributed by atoms with Crippen LogP contribution in [0.5, 0.6) is 0 Å². The van der Waals surface area contributed by atoms with Crippen LogP contribution in [-0.4, -0.2) is 14.3 Å². The predicted octanol–water partition coefficient (Wildman–Crippen LogP) is 2.44. The first-order chi connectivity index (χ1) is 8.33. The largest absolute Gasteiger partial charge is 0.463 e. The zero-order chi connectivity index (χ0) is 11.7. The summed E-state index contributed by atoms with van der Waals surface area (Å²) in [5.74, 6) is 1.26. The summed E-state index contributed by atoms with van der Waals surface area (Å²) in [4.78, 5) is 8.53. The number of nitrogens with two attached hydrogens (primary N) is 1. The minimum atomic E-state index is 0.435. The van der Waals surface area contributed by atoms with Crippen molar-refractivity contribution >= 4 is 16.7 Å². The first-order valence-corrected chi connectivity index (χ1v) is 5.71. The van der Waals surface area contributed by atoms with E-state index in [2.05, 4.69) is 14.3 Å². The summed E-state index contributed by atoms with van der Waals surface area (Å²) in [5.41, 5.74) is 6.98. The maximum Gasteiger partial charge on any atom is 0.200 e. The summed E-state index contributed by atoms with van der Waals surface area (Å²) >= 11 is 1.16. The molecule has 0 bridgehead atoms. The van der Waals surface area contributed by atoms with Gasteiger partial charge in [-0.05, 0) is 24.3 Å². The molecule has 84 valence electrons. The second-order valence-electron chi connectivity index (χ2n) is 3.34. The standard InChI is InChI=1S/C11H8N4OS/c12-11-14-10(15-17-11)8-4-1-3-7(13-8)9-5-2-6-16-9/h1-6H,(H2,12,14,15). The van der Waals surface area contributed by atoms with Crippen molar-refractivity contribution in [1.82, 2.24) is 14.3 Å². The molecule has 0 amide bonds. The van der Waals surface area contributed by atoms with Crippen molar-refractivity contribution in [1.29, 1.82) is 0 Å². The Morgan fingerprint density at radius 2 is 1.94 bits per heavy atom. The molecule has 0 fully saturated rings. The van der Waals surface area contributed by atoms with Gasteiger partial charge in [0, 0.05) is 11.5 Å². The average molecular weight is 244 g/mol. The highest BCUT2D eigenvalue weighted by atomic mass is 32.1. The van der Waals surface area contributed by atoms with Crippen molar-refractivity contribution in [2.24, 2.45) is 0 Å². The van der Waals surface area contributed by atoms with Crippen molar-refractivity contribution in [3.05, 3.63) is 36.6 Å². The molecule has 6 heteroatoms. The highest BCUT2D eigenvalue weighted by Crippen LogP contribution is 2.22. The average Bonchev–Trinajstić information content (AvgIpc) is 3.00. The van der Waals surface area contributed by atoms with E-state index in [1.54, 1.807) is 6.26 Å². The molecule has 0 saturated carbocycles. The lowest BCUT2D eigenvalue weighted by Crippen LogP contribution is -1.89. The zero-order valence-electron chi connectivity index (χ0n) is 8.70. The summed E-state index contributed by atoms with van der Waals surface area (Å²) in [5, 5.41) is 0.435. The van der Waals surface area contributed by atoms with Gasteiger partial charge in [-0.25, -0.2) is 4.98 Å². The Bertz CT molecular complexity index is 632. The maximum absolute atomic E-state index is 5.55. The highest BCUT2D eigenvalue weighted by Gasteiger charge is 2.08. The molecule has 17 heavy (non-hydrogen) atoms. The topological polar surface area (TPSA) is 77.8 Å². The molecule has 0 unspecified atom stereocenters. The number of rotatable bonds is 2. The third-order valence-electron chi connectivity index (χ3n) is 2.19. The molecule has 0 atom stereocenters. The summed E-state index contributed by atoms with van der Waals surface area (Å²) < 4.78 is 9.41. The van der Waals surface area contributed by atoms with Crippen LogP contribution < -0.4 is 5.73 Å². The first kappa shape index (κ1) is 9.98. The van der Waals surface area contributed by atoms with Crippen LogP contribution >= 0.6 is 11.5 Å². The molecular formula is C11H8N4OS. The molecule has 3 aromatic rings. The highest BCUT2D eigenvalue weighted by molar-refractivity contribution is 7.09. The first-order valence-electron chi connectivity index (χ1n) is 4.93. The second kappa shape index (κ2) is 3.99. The monoisotopic (exact) mass is 244 g/mol. The van der Waals surface area contributed by atoms with Crippen molar-refractivity contribution in [2.75, 3.05) is 5.73 Å². The number of furan rings is 1. The van der Waals surface area contributed by atoms with E-state index in [1.165, 1.54) is 0 Å². The number of aromatic nitrogens is 3. The Kier molecular flexibility index (Phi) is 2.34. The number of nitrogens with zero attached hydrogens (tertiary/aromatic N) is 3. The third-order valence-corrected chi connectivity index (χ3v) is 2.74. The van der Waals surface area contributed by atoms with Crippen molar-refractivity contribution in [3.8, 4) is 23.0 Å². The Balaban J connectivity index is 2.05. The lowest BCUT2D eigenvalue weighted by molar-refractivity contribution is 0.580. The SMILES string of the molecule is Nc1nc(-c2cccc(-c3ccco3)n2)ns1. The molecule has 0 aliphatic heterocycles. The molecule has 0 radical (unpaired) electrons. The Labute approximate surface area is 101 Å². The van der Waals surface area contributed by atoms with E-state index in [-0.39, 0.29) is 0 Å². The van der Waals surface area contributed by atoms with Crippen molar-refractivity contribution < 1.29 is 4.42 Å². The number of pyridine rings is 1. The Hall–Kier alpha value is -2.21. The van der Waals surface area contributed by atoms with Gasteiger partial charge in [0.25, 0.3) is 0 Å². The van der Waals surface area contributed by atoms with Gasteiger partial charge in [-0.2, -0.15) is 9.36 Å². The molecule has 3 heterocycles. The van der Waals surface area contributed by atoms with Gasteiger partial charge in [-0.15, -0.1) is 0 Å². The van der Waals surface area contributed by atoms with E-state index in [0.29, 0.717) is 16.6 Å². The number of hydrogen-bond acceptors (Lipinski definition) is 6. The molecule has 0 spiro atoms. The van der Waals surface area contributed by atoms with Crippen LogP contribution in [0.4, 0.5) is 5.13 Å². The Morgan fingerprint density at radius 3 is 2.65 bits per heavy atom. The van der Waals surface area contributed by atoms with Crippen LogP contribution in [0.3, 0.4) is 0 Å². The summed E-state index contributed by atoms with van der Waals surface area (Å²) in [7, 11) is 0. The van der Waals surface area contributed by atoms with Gasteiger partial charge in [0.1, 0.15) is 11.4 Å². The van der Waals surface area contributed by atoms with E-state index >= 15 is 0 Å². The molecule has 0 aliphatic carbocycles. The van der Waals surface area contributed by atoms with Crippen LogP contribution in [-0.2, 0) is 0 Å². The molecule has 2 N–H and O–H groups in total. The maximum atomic E-state index is 5.55. The van der Waals surface area contributed by atoms with Gasteiger partial charge < -0.3 is 10.2 Å². The van der Waals surface area contributed by atoms with Crippen LogP contribution in [0.1, 0.15) is 0 Å². The normalized spacial score (nSPS) is 10.6. The van der Waals surface area contributed by atoms with Gasteiger partial charge in [0.2, 0.25) is 0 Å². The fourth-order valence-electron chi connectivity index (χ4n) is 1.46. The minimum Gasteiger partial charge on any atom is -0.463 e. The fourth-order valence-corrected chi connectivity index (χ4v) is 1.90. The molecule has 5 nitrogen and oxygen atoms in total. The summed E-state index contributed by atoms with van der Waals surface area (Å²) in [6.45, 7) is 0. The van der Waals surface area contributed by atoms with Crippen LogP contribution in [0, 0.1) is 0 Å². The minimum absolute atomic E-state index is 0.435. The van der Waals surface area contributed by atoms with E-state index in [1.807, 2.05) is 30.3 Å². The van der Waals surface area contributed by atoms with Gasteiger partial charge in [0.05, 0.1) is 6.26 Å².